The third kappa shape index (κ3) is 4.89. The highest BCUT2D eigenvalue weighted by molar-refractivity contribution is 5.76. The van der Waals surface area contributed by atoms with Gasteiger partial charge in [-0.15, -0.1) is 0 Å². The van der Waals surface area contributed by atoms with E-state index in [1.165, 1.54) is 6.92 Å². The molecule has 2 N–H and O–H groups in total. The molecule has 1 saturated heterocycles. The predicted octanol–water partition coefficient (Wildman–Crippen LogP) is 1.00. The third-order valence-electron chi connectivity index (χ3n) is 3.49. The SMILES string of the molecule is C[C@H]1O[C@H](O)[C@H](OC(=O)C(C)(C)C)[C@@H](OC(=O)C(C)(C)C)[C@@H]1O. The van der Waals surface area contributed by atoms with Gasteiger partial charge in [0, 0.05) is 0 Å². The molecule has 23 heavy (non-hydrogen) atoms. The van der Waals surface area contributed by atoms with E-state index in [0.29, 0.717) is 0 Å². The van der Waals surface area contributed by atoms with Crippen molar-refractivity contribution in [3.05, 3.63) is 0 Å². The summed E-state index contributed by atoms with van der Waals surface area (Å²) < 4.78 is 15.7. The van der Waals surface area contributed by atoms with Gasteiger partial charge in [-0.1, -0.05) is 0 Å². The monoisotopic (exact) mass is 332 g/mol. The van der Waals surface area contributed by atoms with Gasteiger partial charge in [0.2, 0.25) is 0 Å². The van der Waals surface area contributed by atoms with Crippen LogP contribution in [-0.4, -0.2) is 52.9 Å². The molecule has 0 radical (unpaired) electrons. The van der Waals surface area contributed by atoms with Crippen molar-refractivity contribution in [2.75, 3.05) is 0 Å². The second kappa shape index (κ2) is 6.75. The first kappa shape index (κ1) is 19.9. The van der Waals surface area contributed by atoms with Crippen molar-refractivity contribution in [2.45, 2.75) is 79.2 Å². The summed E-state index contributed by atoms with van der Waals surface area (Å²) in [4.78, 5) is 24.2. The van der Waals surface area contributed by atoms with Crippen LogP contribution in [0, 0.1) is 10.8 Å². The summed E-state index contributed by atoms with van der Waals surface area (Å²) in [5.41, 5.74) is -1.61. The summed E-state index contributed by atoms with van der Waals surface area (Å²) in [5.74, 6) is -1.16. The Balaban J connectivity index is 3.01. The van der Waals surface area contributed by atoms with E-state index in [-0.39, 0.29) is 0 Å². The molecule has 7 heteroatoms. The number of esters is 2. The van der Waals surface area contributed by atoms with Gasteiger partial charge in [-0.25, -0.2) is 0 Å². The fourth-order valence-electron chi connectivity index (χ4n) is 1.86. The van der Waals surface area contributed by atoms with Crippen molar-refractivity contribution in [3.63, 3.8) is 0 Å². The molecule has 0 aliphatic carbocycles. The lowest BCUT2D eigenvalue weighted by molar-refractivity contribution is -0.289. The Labute approximate surface area is 136 Å². The maximum Gasteiger partial charge on any atom is 0.311 e. The number of aliphatic hydroxyl groups excluding tert-OH is 2. The lowest BCUT2D eigenvalue weighted by Crippen LogP contribution is -2.60. The second-order valence-corrected chi connectivity index (χ2v) is 7.96. The molecular weight excluding hydrogens is 304 g/mol. The number of aliphatic hydroxyl groups is 2. The molecule has 1 rings (SSSR count). The van der Waals surface area contributed by atoms with Gasteiger partial charge in [-0.05, 0) is 48.5 Å². The minimum absolute atomic E-state index is 0.570. The van der Waals surface area contributed by atoms with E-state index in [1.54, 1.807) is 41.5 Å². The summed E-state index contributed by atoms with van der Waals surface area (Å²) in [6.45, 7) is 11.5. The van der Waals surface area contributed by atoms with Crippen LogP contribution < -0.4 is 0 Å². The Morgan fingerprint density at radius 1 is 0.870 bits per heavy atom. The van der Waals surface area contributed by atoms with Crippen molar-refractivity contribution < 1.29 is 34.0 Å². The van der Waals surface area contributed by atoms with Gasteiger partial charge in [-0.2, -0.15) is 0 Å². The van der Waals surface area contributed by atoms with Gasteiger partial charge in [0.1, 0.15) is 6.10 Å². The molecule has 134 valence electrons. The molecule has 0 spiro atoms. The van der Waals surface area contributed by atoms with Gasteiger partial charge >= 0.3 is 11.9 Å². The van der Waals surface area contributed by atoms with E-state index >= 15 is 0 Å². The van der Waals surface area contributed by atoms with E-state index < -0.39 is 53.5 Å². The van der Waals surface area contributed by atoms with Crippen LogP contribution in [0.5, 0.6) is 0 Å². The average molecular weight is 332 g/mol. The summed E-state index contributed by atoms with van der Waals surface area (Å²) in [6, 6.07) is 0. The number of ether oxygens (including phenoxy) is 3. The molecule has 1 aliphatic heterocycles. The van der Waals surface area contributed by atoms with Crippen LogP contribution in [-0.2, 0) is 23.8 Å². The maximum atomic E-state index is 12.1. The van der Waals surface area contributed by atoms with E-state index in [1.807, 2.05) is 0 Å². The molecule has 0 aromatic carbocycles. The number of rotatable bonds is 2. The number of hydrogen-bond donors (Lipinski definition) is 2. The van der Waals surface area contributed by atoms with Crippen molar-refractivity contribution in [2.24, 2.45) is 10.8 Å². The Bertz CT molecular complexity index is 446. The molecule has 0 bridgehead atoms. The zero-order valence-corrected chi connectivity index (χ0v) is 14.8. The van der Waals surface area contributed by atoms with Gasteiger partial charge in [0.05, 0.1) is 16.9 Å². The van der Waals surface area contributed by atoms with Crippen molar-refractivity contribution in [1.29, 1.82) is 0 Å². The largest absolute Gasteiger partial charge is 0.455 e. The molecule has 1 aliphatic rings. The third-order valence-corrected chi connectivity index (χ3v) is 3.49. The van der Waals surface area contributed by atoms with E-state index in [0.717, 1.165) is 0 Å². The Morgan fingerprint density at radius 3 is 1.65 bits per heavy atom. The highest BCUT2D eigenvalue weighted by Crippen LogP contribution is 2.29. The molecule has 1 fully saturated rings. The van der Waals surface area contributed by atoms with Crippen LogP contribution in [0.1, 0.15) is 48.5 Å². The first-order chi connectivity index (χ1) is 10.2. The average Bonchev–Trinajstić information content (AvgIpc) is 2.37. The summed E-state index contributed by atoms with van der Waals surface area (Å²) >= 11 is 0. The van der Waals surface area contributed by atoms with Gasteiger partial charge in [-0.3, -0.25) is 9.59 Å². The molecule has 7 nitrogen and oxygen atoms in total. The molecule has 1 heterocycles. The summed E-state index contributed by atoms with van der Waals surface area (Å²) in [5, 5.41) is 20.3. The fraction of sp³-hybridized carbons (Fsp3) is 0.875. The minimum atomic E-state index is -1.49. The predicted molar refractivity (Wildman–Crippen MR) is 81.2 cm³/mol. The number of carbonyl (C=O) groups is 2. The first-order valence-electron chi connectivity index (χ1n) is 7.69. The topological polar surface area (TPSA) is 102 Å². The van der Waals surface area contributed by atoms with E-state index in [9.17, 15) is 19.8 Å². The molecule has 5 atom stereocenters. The van der Waals surface area contributed by atoms with Crippen molar-refractivity contribution >= 4 is 11.9 Å². The maximum absolute atomic E-state index is 12.1. The zero-order chi connectivity index (χ0) is 18.2. The minimum Gasteiger partial charge on any atom is -0.455 e. The van der Waals surface area contributed by atoms with Gasteiger partial charge in [0.15, 0.2) is 18.5 Å². The fourth-order valence-corrected chi connectivity index (χ4v) is 1.86. The summed E-state index contributed by atoms with van der Waals surface area (Å²) in [6.07, 6.45) is -5.97. The smallest absolute Gasteiger partial charge is 0.311 e. The lowest BCUT2D eigenvalue weighted by atomic mass is 9.94. The van der Waals surface area contributed by atoms with Gasteiger partial charge in [0.25, 0.3) is 0 Å². The number of hydrogen-bond acceptors (Lipinski definition) is 7. The van der Waals surface area contributed by atoms with Crippen molar-refractivity contribution in [1.82, 2.24) is 0 Å². The molecule has 0 aromatic heterocycles. The highest BCUT2D eigenvalue weighted by Gasteiger charge is 2.49. The van der Waals surface area contributed by atoms with Crippen LogP contribution >= 0.6 is 0 Å². The van der Waals surface area contributed by atoms with Crippen LogP contribution in [0.2, 0.25) is 0 Å². The molecule has 0 aromatic rings. The zero-order valence-electron chi connectivity index (χ0n) is 14.8. The van der Waals surface area contributed by atoms with Crippen LogP contribution in [0.15, 0.2) is 0 Å². The molecule has 0 unspecified atom stereocenters. The van der Waals surface area contributed by atoms with Crippen molar-refractivity contribution in [3.8, 4) is 0 Å². The molecule has 0 saturated carbocycles. The molecular formula is C16H28O7. The van der Waals surface area contributed by atoms with Crippen LogP contribution in [0.25, 0.3) is 0 Å². The number of carbonyl (C=O) groups excluding carboxylic acids is 2. The Hall–Kier alpha value is -1.18. The standard InChI is InChI=1S/C16H28O7/c1-8-9(17)10(22-13(19)15(2,3)4)11(12(18)21-8)23-14(20)16(5,6)7/h8-12,17-18H,1-7H3/t8-,9-,10+,11-,12+/m1/s1. The Kier molecular flexibility index (Phi) is 5.83. The van der Waals surface area contributed by atoms with Crippen LogP contribution in [0.4, 0.5) is 0 Å². The quantitative estimate of drug-likeness (QED) is 0.727. The van der Waals surface area contributed by atoms with Crippen LogP contribution in [0.3, 0.4) is 0 Å². The Morgan fingerprint density at radius 2 is 1.26 bits per heavy atom. The molecule has 0 amide bonds. The second-order valence-electron chi connectivity index (χ2n) is 7.96. The first-order valence-corrected chi connectivity index (χ1v) is 7.69. The lowest BCUT2D eigenvalue weighted by Gasteiger charge is -2.41. The van der Waals surface area contributed by atoms with Gasteiger partial charge < -0.3 is 24.4 Å². The summed E-state index contributed by atoms with van der Waals surface area (Å²) in [7, 11) is 0. The van der Waals surface area contributed by atoms with E-state index in [4.69, 9.17) is 14.2 Å². The van der Waals surface area contributed by atoms with E-state index in [2.05, 4.69) is 0 Å². The normalized spacial score (nSPS) is 32.3. The highest BCUT2D eigenvalue weighted by atomic mass is 16.7.